The van der Waals surface area contributed by atoms with Gasteiger partial charge >= 0.3 is 5.97 Å². The molecule has 0 radical (unpaired) electrons. The highest BCUT2D eigenvalue weighted by molar-refractivity contribution is 7.93. The van der Waals surface area contributed by atoms with Gasteiger partial charge in [0.05, 0.1) is 16.3 Å². The van der Waals surface area contributed by atoms with Crippen LogP contribution in [0.5, 0.6) is 0 Å². The van der Waals surface area contributed by atoms with Gasteiger partial charge in [-0.3, -0.25) is 4.31 Å². The van der Waals surface area contributed by atoms with Crippen LogP contribution in [0.3, 0.4) is 0 Å². The van der Waals surface area contributed by atoms with E-state index in [-0.39, 0.29) is 22.1 Å². The molecular formula is C22H17Cl2NO4S. The molecule has 0 spiro atoms. The molecule has 1 aliphatic heterocycles. The van der Waals surface area contributed by atoms with E-state index in [1.54, 1.807) is 36.4 Å². The van der Waals surface area contributed by atoms with Gasteiger partial charge in [-0.15, -0.1) is 0 Å². The molecule has 154 valence electrons. The Morgan fingerprint density at radius 2 is 1.70 bits per heavy atom. The molecule has 3 aromatic carbocycles. The van der Waals surface area contributed by atoms with E-state index >= 15 is 0 Å². The van der Waals surface area contributed by atoms with Crippen molar-refractivity contribution in [1.29, 1.82) is 0 Å². The predicted molar refractivity (Wildman–Crippen MR) is 117 cm³/mol. The van der Waals surface area contributed by atoms with Gasteiger partial charge in [-0.2, -0.15) is 0 Å². The van der Waals surface area contributed by atoms with Crippen molar-refractivity contribution in [3.05, 3.63) is 93.5 Å². The Bertz CT molecular complexity index is 1230. The molecule has 0 amide bonds. The van der Waals surface area contributed by atoms with Crippen molar-refractivity contribution in [1.82, 2.24) is 0 Å². The summed E-state index contributed by atoms with van der Waals surface area (Å²) in [4.78, 5) is 12.4. The molecule has 0 unspecified atom stereocenters. The summed E-state index contributed by atoms with van der Waals surface area (Å²) in [5, 5.41) is 0.527. The number of anilines is 1. The van der Waals surface area contributed by atoms with Crippen molar-refractivity contribution in [2.75, 3.05) is 10.8 Å². The summed E-state index contributed by atoms with van der Waals surface area (Å²) < 4.78 is 33.2. The third-order valence-electron chi connectivity index (χ3n) is 4.90. The number of esters is 1. The number of halogens is 2. The zero-order chi connectivity index (χ0) is 21.3. The van der Waals surface area contributed by atoms with Gasteiger partial charge in [0.1, 0.15) is 11.5 Å². The maximum atomic E-state index is 13.3. The molecule has 0 aromatic heterocycles. The number of carbonyl (C=O) groups excluding carboxylic acids is 1. The van der Waals surface area contributed by atoms with E-state index in [0.717, 1.165) is 5.56 Å². The van der Waals surface area contributed by atoms with Crippen LogP contribution in [0.2, 0.25) is 10.0 Å². The Labute approximate surface area is 184 Å². The fourth-order valence-corrected chi connectivity index (χ4v) is 5.54. The molecule has 0 fully saturated rings. The molecule has 0 N–H and O–H groups in total. The fourth-order valence-electron chi connectivity index (χ4n) is 3.35. The minimum Gasteiger partial charge on any atom is -0.457 e. The summed E-state index contributed by atoms with van der Waals surface area (Å²) in [5.74, 6) is -0.662. The van der Waals surface area contributed by atoms with Crippen molar-refractivity contribution < 1.29 is 17.9 Å². The highest BCUT2D eigenvalue weighted by Gasteiger charge is 2.32. The SMILES string of the molecule is O=C(OCc1ccccc1Cl)c1ccc(Cl)c(S(=O)(=O)N2CCc3ccccc32)c1. The third kappa shape index (κ3) is 3.90. The number of fused-ring (bicyclic) bond motifs is 1. The molecule has 5 nitrogen and oxygen atoms in total. The van der Waals surface area contributed by atoms with Crippen molar-refractivity contribution in [3.63, 3.8) is 0 Å². The number of hydrogen-bond acceptors (Lipinski definition) is 4. The average molecular weight is 462 g/mol. The maximum absolute atomic E-state index is 13.3. The van der Waals surface area contributed by atoms with Crippen molar-refractivity contribution >= 4 is 44.9 Å². The van der Waals surface area contributed by atoms with Gasteiger partial charge in [0.2, 0.25) is 0 Å². The monoisotopic (exact) mass is 461 g/mol. The van der Waals surface area contributed by atoms with Crippen LogP contribution in [-0.4, -0.2) is 20.9 Å². The number of ether oxygens (including phenoxy) is 1. The van der Waals surface area contributed by atoms with E-state index in [0.29, 0.717) is 29.2 Å². The molecule has 0 aliphatic carbocycles. The number of nitrogens with zero attached hydrogens (tertiary/aromatic N) is 1. The average Bonchev–Trinajstić information content (AvgIpc) is 3.18. The first-order valence-electron chi connectivity index (χ1n) is 9.18. The number of carbonyl (C=O) groups is 1. The number of rotatable bonds is 5. The molecule has 0 saturated carbocycles. The first kappa shape index (κ1) is 20.7. The van der Waals surface area contributed by atoms with E-state index in [4.69, 9.17) is 27.9 Å². The lowest BCUT2D eigenvalue weighted by Crippen LogP contribution is -2.29. The number of sulfonamides is 1. The largest absolute Gasteiger partial charge is 0.457 e. The molecule has 1 aliphatic rings. The summed E-state index contributed by atoms with van der Waals surface area (Å²) in [6.45, 7) is 0.294. The van der Waals surface area contributed by atoms with Gasteiger partial charge in [0, 0.05) is 17.1 Å². The third-order valence-corrected chi connectivity index (χ3v) is 7.56. The topological polar surface area (TPSA) is 63.7 Å². The van der Waals surface area contributed by atoms with Gasteiger partial charge in [0.25, 0.3) is 10.0 Å². The van der Waals surface area contributed by atoms with Gasteiger partial charge < -0.3 is 4.74 Å². The first-order valence-corrected chi connectivity index (χ1v) is 11.4. The second kappa shape index (κ2) is 8.30. The lowest BCUT2D eigenvalue weighted by atomic mass is 10.2. The van der Waals surface area contributed by atoms with Crippen LogP contribution in [0.4, 0.5) is 5.69 Å². The van der Waals surface area contributed by atoms with Gasteiger partial charge in [-0.05, 0) is 42.3 Å². The predicted octanol–water partition coefficient (Wildman–Crippen LogP) is 5.10. The van der Waals surface area contributed by atoms with E-state index in [1.807, 2.05) is 12.1 Å². The quantitative estimate of drug-likeness (QED) is 0.495. The molecular weight excluding hydrogens is 445 g/mol. The van der Waals surface area contributed by atoms with Gasteiger partial charge in [-0.1, -0.05) is 59.6 Å². The zero-order valence-electron chi connectivity index (χ0n) is 15.7. The molecule has 8 heteroatoms. The van der Waals surface area contributed by atoms with Crippen LogP contribution < -0.4 is 4.31 Å². The summed E-state index contributed by atoms with van der Waals surface area (Å²) in [7, 11) is -3.94. The standard InChI is InChI=1S/C22H17Cl2NO4S/c23-18-7-3-1-6-17(18)14-29-22(26)16-9-10-19(24)21(13-16)30(27,28)25-12-11-15-5-2-4-8-20(15)25/h1-10,13H,11-12,14H2. The number of hydrogen-bond donors (Lipinski definition) is 0. The molecule has 0 bridgehead atoms. The second-order valence-electron chi connectivity index (χ2n) is 6.77. The van der Waals surface area contributed by atoms with Crippen LogP contribution >= 0.6 is 23.2 Å². The van der Waals surface area contributed by atoms with Crippen LogP contribution in [0.1, 0.15) is 21.5 Å². The van der Waals surface area contributed by atoms with Crippen molar-refractivity contribution in [2.24, 2.45) is 0 Å². The molecule has 0 atom stereocenters. The number of benzene rings is 3. The van der Waals surface area contributed by atoms with Gasteiger partial charge in [0.15, 0.2) is 0 Å². The number of para-hydroxylation sites is 1. The molecule has 30 heavy (non-hydrogen) atoms. The summed E-state index contributed by atoms with van der Waals surface area (Å²) >= 11 is 12.3. The Hall–Kier alpha value is -2.54. The fraction of sp³-hybridized carbons (Fsp3) is 0.136. The highest BCUT2D eigenvalue weighted by Crippen LogP contribution is 2.35. The van der Waals surface area contributed by atoms with Crippen molar-refractivity contribution in [3.8, 4) is 0 Å². The zero-order valence-corrected chi connectivity index (χ0v) is 18.0. The maximum Gasteiger partial charge on any atom is 0.338 e. The Morgan fingerprint density at radius 3 is 2.50 bits per heavy atom. The first-order chi connectivity index (χ1) is 14.4. The highest BCUT2D eigenvalue weighted by atomic mass is 35.5. The smallest absolute Gasteiger partial charge is 0.338 e. The van der Waals surface area contributed by atoms with Gasteiger partial charge in [-0.25, -0.2) is 13.2 Å². The van der Waals surface area contributed by atoms with E-state index in [2.05, 4.69) is 0 Å². The van der Waals surface area contributed by atoms with Crippen LogP contribution in [0.15, 0.2) is 71.6 Å². The van der Waals surface area contributed by atoms with E-state index in [1.165, 1.54) is 22.5 Å². The Kier molecular flexibility index (Phi) is 5.73. The van der Waals surface area contributed by atoms with Crippen molar-refractivity contribution in [2.45, 2.75) is 17.9 Å². The second-order valence-corrected chi connectivity index (χ2v) is 9.41. The lowest BCUT2D eigenvalue weighted by Gasteiger charge is -2.20. The lowest BCUT2D eigenvalue weighted by molar-refractivity contribution is 0.0472. The van der Waals surface area contributed by atoms with Crippen LogP contribution in [0.25, 0.3) is 0 Å². The molecule has 1 heterocycles. The molecule has 3 aromatic rings. The van der Waals surface area contributed by atoms with Crippen LogP contribution in [-0.2, 0) is 27.8 Å². The molecule has 0 saturated heterocycles. The minimum absolute atomic E-state index is 0.0251. The van der Waals surface area contributed by atoms with E-state index < -0.39 is 16.0 Å². The van der Waals surface area contributed by atoms with Crippen LogP contribution in [0, 0.1) is 0 Å². The summed E-state index contributed by atoms with van der Waals surface area (Å²) in [5.41, 5.74) is 2.33. The van der Waals surface area contributed by atoms with E-state index in [9.17, 15) is 13.2 Å². The molecule has 4 rings (SSSR count). The Morgan fingerprint density at radius 1 is 0.967 bits per heavy atom. The summed E-state index contributed by atoms with van der Waals surface area (Å²) in [6, 6.07) is 18.4. The minimum atomic E-state index is -3.94. The normalized spacial score (nSPS) is 13.2. The summed E-state index contributed by atoms with van der Waals surface area (Å²) in [6.07, 6.45) is 0.618. The Balaban J connectivity index is 1.60.